The Hall–Kier alpha value is -3.74. The summed E-state index contributed by atoms with van der Waals surface area (Å²) in [4.78, 5) is 33.5. The fourth-order valence-corrected chi connectivity index (χ4v) is 3.32. The topological polar surface area (TPSA) is 81.8 Å². The molecular weight excluding hydrogens is 366 g/mol. The monoisotopic (exact) mass is 387 g/mol. The quantitative estimate of drug-likeness (QED) is 0.571. The minimum absolute atomic E-state index is 0.0762. The van der Waals surface area contributed by atoms with Crippen molar-refractivity contribution in [3.8, 4) is 5.69 Å². The van der Waals surface area contributed by atoms with Crippen molar-refractivity contribution in [1.29, 1.82) is 0 Å². The Morgan fingerprint density at radius 3 is 2.66 bits per heavy atom. The van der Waals surface area contributed by atoms with E-state index in [0.717, 1.165) is 16.8 Å². The third-order valence-corrected chi connectivity index (χ3v) is 4.94. The van der Waals surface area contributed by atoms with E-state index in [0.29, 0.717) is 10.9 Å². The maximum absolute atomic E-state index is 12.7. The van der Waals surface area contributed by atoms with Gasteiger partial charge < -0.3 is 9.88 Å². The number of carbonyl (C=O) groups is 1. The molecule has 0 aliphatic heterocycles. The summed E-state index contributed by atoms with van der Waals surface area (Å²) >= 11 is 0. The molecule has 146 valence electrons. The van der Waals surface area contributed by atoms with Crippen LogP contribution in [0.1, 0.15) is 24.1 Å². The summed E-state index contributed by atoms with van der Waals surface area (Å²) in [5.41, 5.74) is 3.35. The standard InChI is InChI=1S/C22H21N5O2/c1-15-4-3-5-19-21(15)24-14-27(22(19)29)12-20(28)25-16(2)17-6-8-18(9-7-17)26-11-10-23-13-26/h3-11,13-14,16H,12H2,1-2H3,(H,25,28). The van der Waals surface area contributed by atoms with Crippen molar-refractivity contribution < 1.29 is 4.79 Å². The molecule has 0 spiro atoms. The van der Waals surface area contributed by atoms with Gasteiger partial charge in [-0.3, -0.25) is 14.2 Å². The third-order valence-electron chi connectivity index (χ3n) is 4.94. The molecule has 0 fully saturated rings. The Morgan fingerprint density at radius 1 is 1.14 bits per heavy atom. The number of benzene rings is 2. The summed E-state index contributed by atoms with van der Waals surface area (Å²) in [5, 5.41) is 3.46. The number of hydrogen-bond acceptors (Lipinski definition) is 4. The van der Waals surface area contributed by atoms with Gasteiger partial charge in [0.15, 0.2) is 0 Å². The second kappa shape index (κ2) is 7.71. The van der Waals surface area contributed by atoms with Gasteiger partial charge in [0.2, 0.25) is 5.91 Å². The molecule has 0 saturated heterocycles. The van der Waals surface area contributed by atoms with Crippen LogP contribution in [0.25, 0.3) is 16.6 Å². The van der Waals surface area contributed by atoms with E-state index in [-0.39, 0.29) is 24.1 Å². The van der Waals surface area contributed by atoms with E-state index in [1.54, 1.807) is 18.6 Å². The lowest BCUT2D eigenvalue weighted by atomic mass is 10.1. The van der Waals surface area contributed by atoms with E-state index in [1.165, 1.54) is 10.9 Å². The Morgan fingerprint density at radius 2 is 1.93 bits per heavy atom. The highest BCUT2D eigenvalue weighted by molar-refractivity contribution is 5.81. The van der Waals surface area contributed by atoms with Crippen LogP contribution in [-0.4, -0.2) is 25.0 Å². The summed E-state index contributed by atoms with van der Waals surface area (Å²) < 4.78 is 3.25. The molecule has 1 amide bonds. The molecule has 2 heterocycles. The van der Waals surface area contributed by atoms with Crippen LogP contribution >= 0.6 is 0 Å². The molecule has 1 unspecified atom stereocenters. The van der Waals surface area contributed by atoms with Gasteiger partial charge in [-0.05, 0) is 43.2 Å². The van der Waals surface area contributed by atoms with Crippen LogP contribution in [0.15, 0.2) is 72.3 Å². The fourth-order valence-electron chi connectivity index (χ4n) is 3.32. The second-order valence-electron chi connectivity index (χ2n) is 7.00. The van der Waals surface area contributed by atoms with Crippen molar-refractivity contribution in [2.24, 2.45) is 0 Å². The molecule has 4 aromatic rings. The van der Waals surface area contributed by atoms with Crippen LogP contribution in [0, 0.1) is 6.92 Å². The molecule has 7 heteroatoms. The Kier molecular flexibility index (Phi) is 4.95. The van der Waals surface area contributed by atoms with E-state index in [4.69, 9.17) is 0 Å². The van der Waals surface area contributed by atoms with Gasteiger partial charge in [0.1, 0.15) is 6.54 Å². The molecule has 0 aliphatic carbocycles. The predicted octanol–water partition coefficient (Wildman–Crippen LogP) is 2.77. The van der Waals surface area contributed by atoms with Crippen molar-refractivity contribution >= 4 is 16.8 Å². The molecular formula is C22H21N5O2. The summed E-state index contributed by atoms with van der Waals surface area (Å²) in [6.45, 7) is 3.74. The molecule has 0 radical (unpaired) electrons. The van der Waals surface area contributed by atoms with Crippen molar-refractivity contribution in [2.75, 3.05) is 0 Å². The number of aryl methyl sites for hydroxylation is 1. The highest BCUT2D eigenvalue weighted by atomic mass is 16.2. The first-order chi connectivity index (χ1) is 14.0. The summed E-state index contributed by atoms with van der Waals surface area (Å²) in [7, 11) is 0. The average Bonchev–Trinajstić information content (AvgIpc) is 3.25. The smallest absolute Gasteiger partial charge is 0.261 e. The van der Waals surface area contributed by atoms with Crippen molar-refractivity contribution in [2.45, 2.75) is 26.4 Å². The predicted molar refractivity (Wildman–Crippen MR) is 111 cm³/mol. The summed E-state index contributed by atoms with van der Waals surface area (Å²) in [5.74, 6) is -0.243. The van der Waals surface area contributed by atoms with Gasteiger partial charge in [0.25, 0.3) is 5.56 Å². The zero-order chi connectivity index (χ0) is 20.4. The molecule has 1 N–H and O–H groups in total. The van der Waals surface area contributed by atoms with E-state index >= 15 is 0 Å². The Bertz CT molecular complexity index is 1210. The molecule has 1 atom stereocenters. The van der Waals surface area contributed by atoms with Gasteiger partial charge in [-0.2, -0.15) is 0 Å². The lowest BCUT2D eigenvalue weighted by molar-refractivity contribution is -0.122. The molecule has 0 bridgehead atoms. The number of para-hydroxylation sites is 1. The summed E-state index contributed by atoms with van der Waals surface area (Å²) in [6.07, 6.45) is 6.76. The van der Waals surface area contributed by atoms with Gasteiger partial charge >= 0.3 is 0 Å². The lowest BCUT2D eigenvalue weighted by Crippen LogP contribution is -2.34. The van der Waals surface area contributed by atoms with Crippen molar-refractivity contribution in [1.82, 2.24) is 24.4 Å². The molecule has 7 nitrogen and oxygen atoms in total. The van der Waals surface area contributed by atoms with Gasteiger partial charge in [-0.1, -0.05) is 24.3 Å². The fraction of sp³-hybridized carbons (Fsp3) is 0.182. The van der Waals surface area contributed by atoms with Crippen LogP contribution in [0.2, 0.25) is 0 Å². The zero-order valence-corrected chi connectivity index (χ0v) is 16.2. The summed E-state index contributed by atoms with van der Waals surface area (Å²) in [6, 6.07) is 13.1. The normalized spacial score (nSPS) is 12.1. The SMILES string of the molecule is Cc1cccc2c(=O)n(CC(=O)NC(C)c3ccc(-n4ccnc4)cc3)cnc12. The second-order valence-corrected chi connectivity index (χ2v) is 7.00. The van der Waals surface area contributed by atoms with Crippen LogP contribution in [0.5, 0.6) is 0 Å². The number of aromatic nitrogens is 4. The molecule has 0 aliphatic rings. The molecule has 4 rings (SSSR count). The number of fused-ring (bicyclic) bond motifs is 1. The van der Waals surface area contributed by atoms with Crippen LogP contribution in [0.4, 0.5) is 0 Å². The van der Waals surface area contributed by atoms with Crippen LogP contribution in [0.3, 0.4) is 0 Å². The third kappa shape index (κ3) is 3.80. The molecule has 2 aromatic carbocycles. The number of nitrogens with one attached hydrogen (secondary N) is 1. The van der Waals surface area contributed by atoms with Gasteiger partial charge in [0.05, 0.1) is 29.6 Å². The molecule has 0 saturated carbocycles. The minimum Gasteiger partial charge on any atom is -0.348 e. The first kappa shape index (κ1) is 18.6. The average molecular weight is 387 g/mol. The largest absolute Gasteiger partial charge is 0.348 e. The Labute approximate surface area is 167 Å². The number of nitrogens with zero attached hydrogens (tertiary/aromatic N) is 4. The van der Waals surface area contributed by atoms with Gasteiger partial charge in [0, 0.05) is 18.1 Å². The van der Waals surface area contributed by atoms with Crippen molar-refractivity contribution in [3.63, 3.8) is 0 Å². The van der Waals surface area contributed by atoms with Crippen LogP contribution in [-0.2, 0) is 11.3 Å². The lowest BCUT2D eigenvalue weighted by Gasteiger charge is -2.16. The number of carbonyl (C=O) groups excluding carboxylic acids is 1. The van der Waals surface area contributed by atoms with E-state index < -0.39 is 0 Å². The maximum atomic E-state index is 12.7. The zero-order valence-electron chi connectivity index (χ0n) is 16.2. The van der Waals surface area contributed by atoms with E-state index in [1.807, 2.05) is 61.0 Å². The van der Waals surface area contributed by atoms with Crippen LogP contribution < -0.4 is 10.9 Å². The first-order valence-electron chi connectivity index (χ1n) is 9.35. The van der Waals surface area contributed by atoms with E-state index in [2.05, 4.69) is 15.3 Å². The van der Waals surface area contributed by atoms with E-state index in [9.17, 15) is 9.59 Å². The number of rotatable bonds is 5. The number of hydrogen-bond donors (Lipinski definition) is 1. The van der Waals surface area contributed by atoms with Gasteiger partial charge in [-0.15, -0.1) is 0 Å². The first-order valence-corrected chi connectivity index (χ1v) is 9.35. The number of imidazole rings is 1. The number of amides is 1. The molecule has 2 aromatic heterocycles. The van der Waals surface area contributed by atoms with Gasteiger partial charge in [-0.25, -0.2) is 9.97 Å². The highest BCUT2D eigenvalue weighted by Gasteiger charge is 2.13. The Balaban J connectivity index is 1.46. The maximum Gasteiger partial charge on any atom is 0.261 e. The van der Waals surface area contributed by atoms with Crippen molar-refractivity contribution in [3.05, 3.63) is 89.0 Å². The highest BCUT2D eigenvalue weighted by Crippen LogP contribution is 2.16. The minimum atomic E-state index is -0.243. The molecule has 29 heavy (non-hydrogen) atoms.